The van der Waals surface area contributed by atoms with E-state index in [2.05, 4.69) is 5.32 Å². The Bertz CT molecular complexity index is 303. The first-order chi connectivity index (χ1) is 9.08. The van der Waals surface area contributed by atoms with Crippen LogP contribution in [0.3, 0.4) is 0 Å². The van der Waals surface area contributed by atoms with Crippen molar-refractivity contribution in [1.82, 2.24) is 10.2 Å². The molecule has 0 aromatic heterocycles. The lowest BCUT2D eigenvalue weighted by atomic mass is 9.96. The van der Waals surface area contributed by atoms with Crippen molar-refractivity contribution in [3.05, 3.63) is 0 Å². The summed E-state index contributed by atoms with van der Waals surface area (Å²) in [6.07, 6.45) is 2.13. The van der Waals surface area contributed by atoms with Gasteiger partial charge in [0, 0.05) is 33.7 Å². The number of hydrogen-bond acceptors (Lipinski definition) is 4. The Morgan fingerprint density at radius 2 is 2.26 bits per heavy atom. The summed E-state index contributed by atoms with van der Waals surface area (Å²) in [5.74, 6) is -0.196. The lowest BCUT2D eigenvalue weighted by Gasteiger charge is -2.32. The van der Waals surface area contributed by atoms with Crippen LogP contribution in [0.2, 0.25) is 0 Å². The molecule has 1 aliphatic heterocycles. The highest BCUT2D eigenvalue weighted by Crippen LogP contribution is 2.17. The summed E-state index contributed by atoms with van der Waals surface area (Å²) in [5.41, 5.74) is 0. The number of amides is 2. The molecule has 0 saturated carbocycles. The molecule has 1 saturated heterocycles. The molecule has 2 atom stereocenters. The largest absolute Gasteiger partial charge is 0.396 e. The first kappa shape index (κ1) is 15.9. The minimum absolute atomic E-state index is 0.0124. The number of nitrogens with zero attached hydrogens (tertiary/aromatic N) is 1. The van der Waals surface area contributed by atoms with Crippen molar-refractivity contribution in [2.75, 3.05) is 33.4 Å². The van der Waals surface area contributed by atoms with E-state index in [9.17, 15) is 9.59 Å². The Hall–Kier alpha value is -1.14. The molecule has 1 rings (SSSR count). The fourth-order valence-electron chi connectivity index (χ4n) is 2.35. The van der Waals surface area contributed by atoms with Crippen LogP contribution in [0, 0.1) is 5.92 Å². The summed E-state index contributed by atoms with van der Waals surface area (Å²) in [4.78, 5) is 25.2. The molecule has 6 nitrogen and oxygen atoms in total. The van der Waals surface area contributed by atoms with Crippen LogP contribution >= 0.6 is 0 Å². The molecular formula is C13H24N2O4. The van der Waals surface area contributed by atoms with Crippen molar-refractivity contribution in [1.29, 1.82) is 0 Å². The van der Waals surface area contributed by atoms with Gasteiger partial charge in [-0.3, -0.25) is 9.59 Å². The predicted molar refractivity (Wildman–Crippen MR) is 70.5 cm³/mol. The zero-order valence-corrected chi connectivity index (χ0v) is 11.7. The minimum Gasteiger partial charge on any atom is -0.396 e. The van der Waals surface area contributed by atoms with Crippen molar-refractivity contribution in [2.24, 2.45) is 5.92 Å². The van der Waals surface area contributed by atoms with Crippen LogP contribution in [0.15, 0.2) is 0 Å². The molecule has 6 heteroatoms. The standard InChI is InChI=1S/C13H24N2O4/c1-10(17)15-6-3-4-11(8-15)13(18)14-12(5-7-16)9-19-2/h11-12,16H,3-9H2,1-2H3,(H,14,18). The molecule has 2 N–H and O–H groups in total. The fraction of sp³-hybridized carbons (Fsp3) is 0.846. The Morgan fingerprint density at radius 1 is 1.53 bits per heavy atom. The van der Waals surface area contributed by atoms with Gasteiger partial charge in [-0.05, 0) is 19.3 Å². The van der Waals surface area contributed by atoms with E-state index in [1.54, 1.807) is 12.0 Å². The van der Waals surface area contributed by atoms with E-state index >= 15 is 0 Å². The SMILES string of the molecule is COCC(CCO)NC(=O)C1CCCN(C(C)=O)C1. The highest BCUT2D eigenvalue weighted by molar-refractivity contribution is 5.80. The maximum Gasteiger partial charge on any atom is 0.225 e. The molecule has 0 radical (unpaired) electrons. The Balaban J connectivity index is 2.49. The number of carbonyl (C=O) groups excluding carboxylic acids is 2. The predicted octanol–water partition coefficient (Wildman–Crippen LogP) is -0.241. The molecule has 0 aliphatic carbocycles. The van der Waals surface area contributed by atoms with Gasteiger partial charge in [-0.2, -0.15) is 0 Å². The van der Waals surface area contributed by atoms with E-state index in [1.165, 1.54) is 6.92 Å². The molecule has 0 spiro atoms. The molecule has 19 heavy (non-hydrogen) atoms. The monoisotopic (exact) mass is 272 g/mol. The first-order valence-corrected chi connectivity index (χ1v) is 6.74. The number of rotatable bonds is 6. The molecule has 1 heterocycles. The average Bonchev–Trinajstić information content (AvgIpc) is 2.39. The van der Waals surface area contributed by atoms with Crippen LogP contribution in [0.25, 0.3) is 0 Å². The summed E-state index contributed by atoms with van der Waals surface area (Å²) < 4.78 is 5.01. The maximum atomic E-state index is 12.1. The van der Waals surface area contributed by atoms with Gasteiger partial charge in [0.2, 0.25) is 11.8 Å². The average molecular weight is 272 g/mol. The van der Waals surface area contributed by atoms with Crippen molar-refractivity contribution in [2.45, 2.75) is 32.2 Å². The normalized spacial score (nSPS) is 21.0. The van der Waals surface area contributed by atoms with Crippen LogP contribution in [0.5, 0.6) is 0 Å². The second kappa shape index (κ2) is 8.12. The van der Waals surface area contributed by atoms with E-state index in [1.807, 2.05) is 0 Å². The second-order valence-electron chi connectivity index (χ2n) is 4.98. The molecule has 110 valence electrons. The van der Waals surface area contributed by atoms with E-state index in [4.69, 9.17) is 9.84 Å². The molecule has 0 aromatic rings. The first-order valence-electron chi connectivity index (χ1n) is 6.74. The number of aliphatic hydroxyl groups is 1. The molecule has 2 unspecified atom stereocenters. The summed E-state index contributed by atoms with van der Waals surface area (Å²) in [6.45, 7) is 3.14. The Morgan fingerprint density at radius 3 is 2.84 bits per heavy atom. The van der Waals surface area contributed by atoms with Crippen LogP contribution in [0.1, 0.15) is 26.2 Å². The van der Waals surface area contributed by atoms with Crippen molar-refractivity contribution in [3.63, 3.8) is 0 Å². The third kappa shape index (κ3) is 5.16. The maximum absolute atomic E-state index is 12.1. The van der Waals surface area contributed by atoms with Gasteiger partial charge in [0.25, 0.3) is 0 Å². The van der Waals surface area contributed by atoms with Gasteiger partial charge >= 0.3 is 0 Å². The topological polar surface area (TPSA) is 78.9 Å². The van der Waals surface area contributed by atoms with Gasteiger partial charge in [-0.1, -0.05) is 0 Å². The molecular weight excluding hydrogens is 248 g/mol. The van der Waals surface area contributed by atoms with E-state index in [0.717, 1.165) is 19.4 Å². The summed E-state index contributed by atoms with van der Waals surface area (Å²) in [5, 5.41) is 11.8. The number of methoxy groups -OCH3 is 1. The fourth-order valence-corrected chi connectivity index (χ4v) is 2.35. The van der Waals surface area contributed by atoms with Crippen LogP contribution in [0.4, 0.5) is 0 Å². The van der Waals surface area contributed by atoms with Crippen LogP contribution in [-0.2, 0) is 14.3 Å². The number of nitrogens with one attached hydrogen (secondary N) is 1. The number of piperidine rings is 1. The van der Waals surface area contributed by atoms with Crippen LogP contribution in [-0.4, -0.2) is 61.3 Å². The number of ether oxygens (including phenoxy) is 1. The molecule has 0 aromatic carbocycles. The van der Waals surface area contributed by atoms with Crippen molar-refractivity contribution >= 4 is 11.8 Å². The van der Waals surface area contributed by atoms with Gasteiger partial charge in [-0.25, -0.2) is 0 Å². The third-order valence-corrected chi connectivity index (χ3v) is 3.43. The number of aliphatic hydroxyl groups excluding tert-OH is 1. The van der Waals surface area contributed by atoms with Crippen LogP contribution < -0.4 is 5.32 Å². The molecule has 2 amide bonds. The van der Waals surface area contributed by atoms with E-state index < -0.39 is 0 Å². The van der Waals surface area contributed by atoms with E-state index in [0.29, 0.717) is 19.6 Å². The highest BCUT2D eigenvalue weighted by atomic mass is 16.5. The lowest BCUT2D eigenvalue weighted by molar-refractivity contribution is -0.134. The number of carbonyl (C=O) groups is 2. The van der Waals surface area contributed by atoms with Gasteiger partial charge in [-0.15, -0.1) is 0 Å². The van der Waals surface area contributed by atoms with E-state index in [-0.39, 0.29) is 30.4 Å². The quantitative estimate of drug-likeness (QED) is 0.699. The van der Waals surface area contributed by atoms with Crippen molar-refractivity contribution in [3.8, 4) is 0 Å². The molecule has 0 bridgehead atoms. The van der Waals surface area contributed by atoms with Gasteiger partial charge in [0.05, 0.1) is 18.6 Å². The number of likely N-dealkylation sites (tertiary alicyclic amines) is 1. The summed E-state index contributed by atoms with van der Waals surface area (Å²) >= 11 is 0. The second-order valence-corrected chi connectivity index (χ2v) is 4.98. The van der Waals surface area contributed by atoms with Gasteiger partial charge in [0.1, 0.15) is 0 Å². The zero-order chi connectivity index (χ0) is 14.3. The minimum atomic E-state index is -0.171. The lowest BCUT2D eigenvalue weighted by Crippen LogP contribution is -2.48. The Kier molecular flexibility index (Phi) is 6.80. The molecule has 1 aliphatic rings. The third-order valence-electron chi connectivity index (χ3n) is 3.43. The Labute approximate surface area is 114 Å². The van der Waals surface area contributed by atoms with Crippen molar-refractivity contribution < 1.29 is 19.4 Å². The smallest absolute Gasteiger partial charge is 0.225 e. The zero-order valence-electron chi connectivity index (χ0n) is 11.7. The molecule has 1 fully saturated rings. The number of hydrogen-bond donors (Lipinski definition) is 2. The van der Waals surface area contributed by atoms with Gasteiger partial charge in [0.15, 0.2) is 0 Å². The highest BCUT2D eigenvalue weighted by Gasteiger charge is 2.28. The van der Waals surface area contributed by atoms with Gasteiger partial charge < -0.3 is 20.1 Å². The summed E-state index contributed by atoms with van der Waals surface area (Å²) in [7, 11) is 1.56. The summed E-state index contributed by atoms with van der Waals surface area (Å²) in [6, 6.07) is -0.171.